The van der Waals surface area contributed by atoms with Crippen LogP contribution in [0.1, 0.15) is 66.7 Å². The van der Waals surface area contributed by atoms with Crippen molar-refractivity contribution in [2.24, 2.45) is 5.41 Å². The summed E-state index contributed by atoms with van der Waals surface area (Å²) in [6, 6.07) is 0. The van der Waals surface area contributed by atoms with E-state index in [1.807, 2.05) is 0 Å². The van der Waals surface area contributed by atoms with Gasteiger partial charge >= 0.3 is 113 Å². The number of rotatable bonds is 5. The van der Waals surface area contributed by atoms with E-state index in [0.29, 0.717) is 5.41 Å². The Balaban J connectivity index is -0.000000853. The van der Waals surface area contributed by atoms with Gasteiger partial charge in [0, 0.05) is 0 Å². The molecule has 0 heterocycles. The van der Waals surface area contributed by atoms with Crippen LogP contribution < -0.4 is 37.2 Å². The van der Waals surface area contributed by atoms with Crippen LogP contribution in [0.2, 0.25) is 0 Å². The average molecular weight is 360 g/mol. The molecular formula is C15H25Cl3Ti. The molecule has 1 aliphatic rings. The van der Waals surface area contributed by atoms with E-state index in [-0.39, 0.29) is 37.2 Å². The molecule has 110 valence electrons. The summed E-state index contributed by atoms with van der Waals surface area (Å²) in [7, 11) is 0. The van der Waals surface area contributed by atoms with E-state index in [0.717, 1.165) is 0 Å². The molecule has 0 amide bonds. The Kier molecular flexibility index (Phi) is 14.2. The molecule has 0 aliphatic heterocycles. The molecule has 0 fully saturated rings. The van der Waals surface area contributed by atoms with E-state index >= 15 is 0 Å². The maximum atomic E-state index is 2.38. The normalized spacial score (nSPS) is 16.8. The number of hydrogen-bond acceptors (Lipinski definition) is 0. The monoisotopic (exact) mass is 358 g/mol. The Morgan fingerprint density at radius 3 is 1.42 bits per heavy atom. The molecule has 0 aromatic heterocycles. The van der Waals surface area contributed by atoms with E-state index in [1.54, 1.807) is 20.6 Å². The summed E-state index contributed by atoms with van der Waals surface area (Å²) in [6.07, 6.45) is 6.19. The van der Waals surface area contributed by atoms with Gasteiger partial charge in [-0.15, -0.1) is 0 Å². The van der Waals surface area contributed by atoms with Gasteiger partial charge in [0.15, 0.2) is 0 Å². The van der Waals surface area contributed by atoms with Crippen molar-refractivity contribution < 1.29 is 57.7 Å². The van der Waals surface area contributed by atoms with Crippen molar-refractivity contribution in [3.8, 4) is 0 Å². The van der Waals surface area contributed by atoms with Gasteiger partial charge in [0.2, 0.25) is 0 Å². The minimum Gasteiger partial charge on any atom is -1.00 e. The molecule has 0 aromatic carbocycles. The topological polar surface area (TPSA) is 0 Å². The second-order valence-corrected chi connectivity index (χ2v) is 5.44. The molecule has 0 saturated heterocycles. The van der Waals surface area contributed by atoms with Crippen LogP contribution in [0.25, 0.3) is 0 Å². The Labute approximate surface area is 149 Å². The standard InChI is InChI=1S/C15H25.3ClH.Ti/c1-6-12-11-15(9-4,10-5)14(8-3)13(12)7-2;;;;/h6-10H2,1-5H3;3*1H;/q;;;;+3/p-3. The molecule has 0 atom stereocenters. The third-order valence-corrected chi connectivity index (χ3v) is 5.57. The fourth-order valence-corrected chi connectivity index (χ4v) is 4.76. The Morgan fingerprint density at radius 1 is 0.737 bits per heavy atom. The molecule has 19 heavy (non-hydrogen) atoms. The fourth-order valence-electron chi connectivity index (χ4n) is 3.46. The van der Waals surface area contributed by atoms with Crippen LogP contribution in [-0.4, -0.2) is 0 Å². The van der Waals surface area contributed by atoms with E-state index in [2.05, 4.69) is 55.1 Å². The van der Waals surface area contributed by atoms with Gasteiger partial charge in [-0.2, -0.15) is 0 Å². The van der Waals surface area contributed by atoms with Crippen molar-refractivity contribution in [3.63, 3.8) is 0 Å². The summed E-state index contributed by atoms with van der Waals surface area (Å²) in [5.74, 6) is 0. The van der Waals surface area contributed by atoms with Crippen molar-refractivity contribution in [2.75, 3.05) is 0 Å². The van der Waals surface area contributed by atoms with Crippen molar-refractivity contribution in [2.45, 2.75) is 66.7 Å². The molecule has 1 rings (SSSR count). The summed E-state index contributed by atoms with van der Waals surface area (Å²) >= 11 is 2.38. The Hall–Kier alpha value is 1.06. The van der Waals surface area contributed by atoms with Crippen molar-refractivity contribution in [1.82, 2.24) is 0 Å². The van der Waals surface area contributed by atoms with Gasteiger partial charge in [-0.05, 0) is 0 Å². The predicted octanol–water partition coefficient (Wildman–Crippen LogP) is -3.85. The maximum Gasteiger partial charge on any atom is -1.00 e. The zero-order valence-corrected chi connectivity index (χ0v) is 16.5. The van der Waals surface area contributed by atoms with Crippen LogP contribution in [0.4, 0.5) is 0 Å². The van der Waals surface area contributed by atoms with Crippen LogP contribution in [0.3, 0.4) is 0 Å². The first kappa shape index (κ1) is 25.0. The van der Waals surface area contributed by atoms with Crippen LogP contribution in [0, 0.1) is 5.41 Å². The smallest absolute Gasteiger partial charge is 1.00 e. The van der Waals surface area contributed by atoms with Crippen LogP contribution in [0.15, 0.2) is 20.6 Å². The molecular weight excluding hydrogens is 334 g/mol. The summed E-state index contributed by atoms with van der Waals surface area (Å²) in [6.45, 7) is 11.7. The van der Waals surface area contributed by atoms with Crippen molar-refractivity contribution in [3.05, 3.63) is 20.6 Å². The van der Waals surface area contributed by atoms with Crippen LogP contribution >= 0.6 is 0 Å². The average Bonchev–Trinajstić information content (AvgIpc) is 2.56. The summed E-state index contributed by atoms with van der Waals surface area (Å²) in [5, 5.41) is 0. The zero-order chi connectivity index (χ0) is 12.3. The molecule has 1 aliphatic carbocycles. The maximum absolute atomic E-state index is 2.38. The van der Waals surface area contributed by atoms with E-state index in [4.69, 9.17) is 0 Å². The quantitative estimate of drug-likeness (QED) is 0.441. The summed E-state index contributed by atoms with van der Waals surface area (Å²) in [5.41, 5.74) is 5.51. The summed E-state index contributed by atoms with van der Waals surface area (Å²) in [4.78, 5) is 0. The summed E-state index contributed by atoms with van der Waals surface area (Å²) < 4.78 is 1.67. The van der Waals surface area contributed by atoms with Crippen LogP contribution in [-0.2, 0) is 20.4 Å². The first-order chi connectivity index (χ1) is 7.62. The minimum atomic E-state index is 0. The third-order valence-electron chi connectivity index (χ3n) is 4.35. The van der Waals surface area contributed by atoms with E-state index in [1.165, 1.54) is 32.1 Å². The van der Waals surface area contributed by atoms with Gasteiger partial charge in [-0.1, -0.05) is 0 Å². The first-order valence-corrected chi connectivity index (χ1v) is 7.58. The molecule has 0 aromatic rings. The Bertz CT molecular complexity index is 328. The SMILES string of the molecule is CCC1=[C]([Ti+3])C(CC)(CC)C(CC)=C1CC.[Cl-].[Cl-].[Cl-]. The first-order valence-electron chi connectivity index (χ1n) is 6.80. The largest absolute Gasteiger partial charge is 1.00 e. The molecule has 0 unspecified atom stereocenters. The molecule has 0 N–H and O–H groups in total. The second-order valence-electron chi connectivity index (χ2n) is 4.66. The molecule has 0 nitrogen and oxygen atoms in total. The third kappa shape index (κ3) is 4.04. The predicted molar refractivity (Wildman–Crippen MR) is 67.9 cm³/mol. The van der Waals surface area contributed by atoms with Gasteiger partial charge in [-0.25, -0.2) is 0 Å². The number of hydrogen-bond donors (Lipinski definition) is 0. The van der Waals surface area contributed by atoms with Crippen molar-refractivity contribution in [1.29, 1.82) is 0 Å². The molecule has 0 radical (unpaired) electrons. The van der Waals surface area contributed by atoms with E-state index < -0.39 is 0 Å². The molecule has 0 bridgehead atoms. The second kappa shape index (κ2) is 10.7. The Morgan fingerprint density at radius 2 is 1.16 bits per heavy atom. The minimum absolute atomic E-state index is 0. The van der Waals surface area contributed by atoms with Gasteiger partial charge in [-0.3, -0.25) is 0 Å². The van der Waals surface area contributed by atoms with Gasteiger partial charge in [0.25, 0.3) is 0 Å². The number of allylic oxidation sites excluding steroid dienone is 4. The van der Waals surface area contributed by atoms with Crippen molar-refractivity contribution >= 4 is 0 Å². The molecule has 4 heteroatoms. The van der Waals surface area contributed by atoms with Gasteiger partial charge in [0.05, 0.1) is 0 Å². The van der Waals surface area contributed by atoms with E-state index in [9.17, 15) is 0 Å². The van der Waals surface area contributed by atoms with Gasteiger partial charge < -0.3 is 37.2 Å². The fraction of sp³-hybridized carbons (Fsp3) is 0.733. The number of halogens is 3. The van der Waals surface area contributed by atoms with Crippen LogP contribution in [0.5, 0.6) is 0 Å². The molecule has 0 spiro atoms. The zero-order valence-electron chi connectivity index (χ0n) is 12.7. The molecule has 0 saturated carbocycles. The van der Waals surface area contributed by atoms with Gasteiger partial charge in [0.1, 0.15) is 0 Å².